The molecule has 4 nitrogen and oxygen atoms in total. The number of hydrogen-bond acceptors (Lipinski definition) is 2. The van der Waals surface area contributed by atoms with Gasteiger partial charge in [-0.25, -0.2) is 4.79 Å². The van der Waals surface area contributed by atoms with Gasteiger partial charge < -0.3 is 10.2 Å². The minimum Gasteiger partial charge on any atom is -0.481 e. The van der Waals surface area contributed by atoms with Gasteiger partial charge in [0.05, 0.1) is 6.42 Å². The summed E-state index contributed by atoms with van der Waals surface area (Å²) in [7, 11) is 0. The van der Waals surface area contributed by atoms with Crippen LogP contribution in [0.2, 0.25) is 0 Å². The van der Waals surface area contributed by atoms with Crippen LogP contribution in [-0.2, 0) is 9.59 Å². The zero-order valence-corrected chi connectivity index (χ0v) is 9.03. The van der Waals surface area contributed by atoms with Crippen molar-refractivity contribution in [1.82, 2.24) is 0 Å². The van der Waals surface area contributed by atoms with Crippen LogP contribution in [0.5, 0.6) is 0 Å². The van der Waals surface area contributed by atoms with E-state index in [1.54, 1.807) is 0 Å². The maximum Gasteiger partial charge on any atom is 0.331 e. The third kappa shape index (κ3) is 7.73. The normalized spacial score (nSPS) is 11.4. The van der Waals surface area contributed by atoms with E-state index in [1.807, 2.05) is 0 Å². The second-order valence-corrected chi connectivity index (χ2v) is 3.45. The number of rotatable bonds is 8. The van der Waals surface area contributed by atoms with Crippen molar-refractivity contribution in [3.63, 3.8) is 0 Å². The molecule has 0 aliphatic rings. The van der Waals surface area contributed by atoms with E-state index in [2.05, 4.69) is 6.92 Å². The van der Waals surface area contributed by atoms with Crippen LogP contribution in [0.3, 0.4) is 0 Å². The quantitative estimate of drug-likeness (QED) is 0.480. The molecule has 0 saturated carbocycles. The molecule has 0 atom stereocenters. The molecule has 0 aromatic carbocycles. The fraction of sp³-hybridized carbons (Fsp3) is 0.636. The van der Waals surface area contributed by atoms with E-state index in [0.29, 0.717) is 6.42 Å². The molecule has 0 aromatic rings. The Morgan fingerprint density at radius 2 is 1.80 bits per heavy atom. The summed E-state index contributed by atoms with van der Waals surface area (Å²) in [5, 5.41) is 17.2. The summed E-state index contributed by atoms with van der Waals surface area (Å²) in [5.41, 5.74) is -0.0148. The topological polar surface area (TPSA) is 74.6 Å². The summed E-state index contributed by atoms with van der Waals surface area (Å²) in [6, 6.07) is 0. The fourth-order valence-corrected chi connectivity index (χ4v) is 1.25. The van der Waals surface area contributed by atoms with Crippen molar-refractivity contribution < 1.29 is 19.8 Å². The minimum atomic E-state index is -1.13. The molecule has 0 saturated heterocycles. The van der Waals surface area contributed by atoms with Crippen molar-refractivity contribution in [1.29, 1.82) is 0 Å². The van der Waals surface area contributed by atoms with Crippen LogP contribution in [0.1, 0.15) is 45.4 Å². The lowest BCUT2D eigenvalue weighted by Crippen LogP contribution is -2.06. The first-order chi connectivity index (χ1) is 7.07. The van der Waals surface area contributed by atoms with Gasteiger partial charge in [-0.2, -0.15) is 0 Å². The van der Waals surface area contributed by atoms with Crippen LogP contribution in [0.25, 0.3) is 0 Å². The molecule has 0 bridgehead atoms. The van der Waals surface area contributed by atoms with Crippen LogP contribution in [0.4, 0.5) is 0 Å². The average Bonchev–Trinajstić information content (AvgIpc) is 2.15. The molecule has 0 aliphatic heterocycles. The number of aliphatic carboxylic acids is 2. The Balaban J connectivity index is 3.96. The third-order valence-corrected chi connectivity index (χ3v) is 2.06. The van der Waals surface area contributed by atoms with E-state index in [1.165, 1.54) is 6.08 Å². The molecule has 0 fully saturated rings. The Kier molecular flexibility index (Phi) is 7.32. The summed E-state index contributed by atoms with van der Waals surface area (Å²) >= 11 is 0. The highest BCUT2D eigenvalue weighted by molar-refractivity contribution is 5.91. The molecule has 2 N–H and O–H groups in total. The second-order valence-electron chi connectivity index (χ2n) is 3.45. The monoisotopic (exact) mass is 214 g/mol. The Hall–Kier alpha value is -1.32. The Bertz CT molecular complexity index is 243. The molecule has 0 heterocycles. The molecule has 86 valence electrons. The van der Waals surface area contributed by atoms with Crippen LogP contribution >= 0.6 is 0 Å². The molecular formula is C11H18O4. The lowest BCUT2D eigenvalue weighted by Gasteiger charge is -1.99. The minimum absolute atomic E-state index is 0.0148. The van der Waals surface area contributed by atoms with Crippen molar-refractivity contribution in [2.75, 3.05) is 0 Å². The smallest absolute Gasteiger partial charge is 0.331 e. The van der Waals surface area contributed by atoms with Crippen molar-refractivity contribution in [2.24, 2.45) is 0 Å². The standard InChI is InChI=1S/C11H18O4/c1-2-3-4-5-6-7-9(11(14)15)8-10(12)13/h7H,2-6,8H2,1H3,(H,12,13)(H,14,15)/b9-7-. The number of allylic oxidation sites excluding steroid dienone is 1. The SMILES string of the molecule is CCCCCC/C=C(/CC(=O)O)C(=O)O. The molecule has 0 aliphatic carbocycles. The van der Waals surface area contributed by atoms with Gasteiger partial charge in [-0.3, -0.25) is 4.79 Å². The van der Waals surface area contributed by atoms with E-state index in [4.69, 9.17) is 10.2 Å². The first-order valence-electron chi connectivity index (χ1n) is 5.22. The molecule has 0 radical (unpaired) electrons. The second kappa shape index (κ2) is 8.03. The van der Waals surface area contributed by atoms with Gasteiger partial charge in [-0.1, -0.05) is 32.3 Å². The van der Waals surface area contributed by atoms with Crippen LogP contribution in [0.15, 0.2) is 11.6 Å². The largest absolute Gasteiger partial charge is 0.481 e. The number of unbranched alkanes of at least 4 members (excludes halogenated alkanes) is 4. The Morgan fingerprint density at radius 1 is 1.13 bits per heavy atom. The van der Waals surface area contributed by atoms with E-state index >= 15 is 0 Å². The number of carboxylic acids is 2. The first-order valence-corrected chi connectivity index (χ1v) is 5.22. The Morgan fingerprint density at radius 3 is 2.27 bits per heavy atom. The lowest BCUT2D eigenvalue weighted by atomic mass is 10.1. The lowest BCUT2D eigenvalue weighted by molar-refractivity contribution is -0.139. The predicted octanol–water partition coefficient (Wildman–Crippen LogP) is 2.44. The van der Waals surface area contributed by atoms with Crippen molar-refractivity contribution in [2.45, 2.75) is 45.4 Å². The van der Waals surface area contributed by atoms with Crippen molar-refractivity contribution in [3.05, 3.63) is 11.6 Å². The van der Waals surface area contributed by atoms with Gasteiger partial charge >= 0.3 is 11.9 Å². The van der Waals surface area contributed by atoms with Gasteiger partial charge in [0.25, 0.3) is 0 Å². The van der Waals surface area contributed by atoms with Gasteiger partial charge in [-0.05, 0) is 12.8 Å². The average molecular weight is 214 g/mol. The van der Waals surface area contributed by atoms with Crippen molar-refractivity contribution in [3.8, 4) is 0 Å². The molecule has 0 aromatic heterocycles. The maximum atomic E-state index is 10.6. The number of carboxylic acid groups (broad SMARTS) is 2. The molecule has 0 rings (SSSR count). The van der Waals surface area contributed by atoms with E-state index in [-0.39, 0.29) is 5.57 Å². The Labute approximate surface area is 89.6 Å². The van der Waals surface area contributed by atoms with Crippen LogP contribution < -0.4 is 0 Å². The fourth-order valence-electron chi connectivity index (χ4n) is 1.25. The van der Waals surface area contributed by atoms with Crippen LogP contribution in [0, 0.1) is 0 Å². The van der Waals surface area contributed by atoms with Gasteiger partial charge in [0.2, 0.25) is 0 Å². The number of hydrogen-bond donors (Lipinski definition) is 2. The zero-order chi connectivity index (χ0) is 11.7. The third-order valence-electron chi connectivity index (χ3n) is 2.06. The van der Waals surface area contributed by atoms with Gasteiger partial charge in [0, 0.05) is 5.57 Å². The maximum absolute atomic E-state index is 10.6. The summed E-state index contributed by atoms with van der Waals surface area (Å²) in [6.07, 6.45) is 6.02. The summed E-state index contributed by atoms with van der Waals surface area (Å²) in [5.74, 6) is -2.23. The molecular weight excluding hydrogens is 196 g/mol. The summed E-state index contributed by atoms with van der Waals surface area (Å²) < 4.78 is 0. The first kappa shape index (κ1) is 13.7. The highest BCUT2D eigenvalue weighted by atomic mass is 16.4. The summed E-state index contributed by atoms with van der Waals surface area (Å²) in [6.45, 7) is 2.10. The predicted molar refractivity (Wildman–Crippen MR) is 56.7 cm³/mol. The van der Waals surface area contributed by atoms with E-state index < -0.39 is 18.4 Å². The van der Waals surface area contributed by atoms with Crippen molar-refractivity contribution >= 4 is 11.9 Å². The van der Waals surface area contributed by atoms with Crippen LogP contribution in [-0.4, -0.2) is 22.2 Å². The summed E-state index contributed by atoms with van der Waals surface area (Å²) in [4.78, 5) is 21.0. The van der Waals surface area contributed by atoms with Gasteiger partial charge in [-0.15, -0.1) is 0 Å². The van der Waals surface area contributed by atoms with E-state index in [0.717, 1.165) is 25.7 Å². The van der Waals surface area contributed by atoms with Gasteiger partial charge in [0.15, 0.2) is 0 Å². The molecule has 0 spiro atoms. The van der Waals surface area contributed by atoms with Gasteiger partial charge in [0.1, 0.15) is 0 Å². The zero-order valence-electron chi connectivity index (χ0n) is 9.03. The molecule has 4 heteroatoms. The molecule has 15 heavy (non-hydrogen) atoms. The van der Waals surface area contributed by atoms with E-state index in [9.17, 15) is 9.59 Å². The molecule has 0 unspecified atom stereocenters. The highest BCUT2D eigenvalue weighted by Gasteiger charge is 2.10. The molecule has 0 amide bonds. The highest BCUT2D eigenvalue weighted by Crippen LogP contribution is 2.08. The number of carbonyl (C=O) groups is 2.